The van der Waals surface area contributed by atoms with Gasteiger partial charge in [-0.25, -0.2) is 9.59 Å². The Bertz CT molecular complexity index is 390. The lowest BCUT2D eigenvalue weighted by molar-refractivity contribution is 0.0696. The third-order valence-corrected chi connectivity index (χ3v) is 2.50. The summed E-state index contributed by atoms with van der Waals surface area (Å²) < 4.78 is 4.78. The van der Waals surface area contributed by atoms with Gasteiger partial charge in [-0.1, -0.05) is 19.4 Å². The fourth-order valence-corrected chi connectivity index (χ4v) is 1.39. The van der Waals surface area contributed by atoms with E-state index in [1.54, 1.807) is 7.11 Å². The van der Waals surface area contributed by atoms with Gasteiger partial charge in [-0.05, 0) is 31.0 Å². The topological polar surface area (TPSA) is 83.8 Å². The van der Waals surface area contributed by atoms with Gasteiger partial charge in [-0.2, -0.15) is 0 Å². The Morgan fingerprint density at radius 1 is 1.16 bits per heavy atom. The summed E-state index contributed by atoms with van der Waals surface area (Å²) in [5.41, 5.74) is 0.335. The summed E-state index contributed by atoms with van der Waals surface area (Å²) in [6.45, 7) is 4.54. The van der Waals surface area contributed by atoms with E-state index in [2.05, 4.69) is 6.92 Å². The van der Waals surface area contributed by atoms with Gasteiger partial charge in [0.15, 0.2) is 0 Å². The lowest BCUT2D eigenvalue weighted by atomic mass is 10.0. The maximum absolute atomic E-state index is 10.6. The number of ether oxygens (including phenoxy) is 1. The normalized spacial score (nSPS) is 9.42. The lowest BCUT2D eigenvalue weighted by Crippen LogP contribution is -2.06. The first kappa shape index (κ1) is 17.1. The predicted octanol–water partition coefficient (Wildman–Crippen LogP) is 2.82. The molecule has 5 heteroatoms. The zero-order valence-electron chi connectivity index (χ0n) is 11.5. The standard InChI is InChI=1S/C9H8O4.C5H12O/c1-5-6(8(10)11)3-2-4-7(5)9(12)13;1-3-4-5-6-2/h2-4H,1H3,(H,10,11)(H,12,13);3-5H2,1-2H3. The molecule has 0 saturated heterocycles. The molecule has 0 heterocycles. The summed E-state index contributed by atoms with van der Waals surface area (Å²) in [5.74, 6) is -2.22. The summed E-state index contributed by atoms with van der Waals surface area (Å²) in [6, 6.07) is 4.17. The molecule has 0 aliphatic rings. The highest BCUT2D eigenvalue weighted by molar-refractivity contribution is 5.96. The second-order valence-electron chi connectivity index (χ2n) is 3.93. The maximum Gasteiger partial charge on any atom is 0.335 e. The molecule has 5 nitrogen and oxygen atoms in total. The van der Waals surface area contributed by atoms with E-state index in [0.717, 1.165) is 6.61 Å². The van der Waals surface area contributed by atoms with E-state index in [0.29, 0.717) is 0 Å². The fourth-order valence-electron chi connectivity index (χ4n) is 1.39. The van der Waals surface area contributed by atoms with Crippen LogP contribution in [-0.2, 0) is 4.74 Å². The number of methoxy groups -OCH3 is 1. The molecule has 0 saturated carbocycles. The molecule has 0 unspecified atom stereocenters. The number of benzene rings is 1. The van der Waals surface area contributed by atoms with Gasteiger partial charge in [-0.15, -0.1) is 0 Å². The van der Waals surface area contributed by atoms with Gasteiger partial charge in [0.25, 0.3) is 0 Å². The molecule has 0 fully saturated rings. The zero-order chi connectivity index (χ0) is 14.8. The molecule has 0 aromatic heterocycles. The molecule has 0 bridgehead atoms. The Morgan fingerprint density at radius 3 is 1.89 bits per heavy atom. The highest BCUT2D eigenvalue weighted by Gasteiger charge is 2.13. The predicted molar refractivity (Wildman–Crippen MR) is 71.9 cm³/mol. The summed E-state index contributed by atoms with van der Waals surface area (Å²) >= 11 is 0. The Morgan fingerprint density at radius 2 is 1.63 bits per heavy atom. The molecule has 0 aliphatic heterocycles. The van der Waals surface area contributed by atoms with Crippen LogP contribution in [0.3, 0.4) is 0 Å². The van der Waals surface area contributed by atoms with Crippen molar-refractivity contribution in [3.05, 3.63) is 34.9 Å². The Kier molecular flexibility index (Phi) is 8.20. The number of hydrogen-bond acceptors (Lipinski definition) is 3. The smallest absolute Gasteiger partial charge is 0.335 e. The number of unbranched alkanes of at least 4 members (excludes halogenated alkanes) is 1. The summed E-state index contributed by atoms with van der Waals surface area (Å²) in [5, 5.41) is 17.4. The van der Waals surface area contributed by atoms with E-state index in [-0.39, 0.29) is 16.7 Å². The van der Waals surface area contributed by atoms with Gasteiger partial charge < -0.3 is 14.9 Å². The van der Waals surface area contributed by atoms with Crippen LogP contribution in [0.2, 0.25) is 0 Å². The van der Waals surface area contributed by atoms with Crippen molar-refractivity contribution < 1.29 is 24.5 Å². The number of carbonyl (C=O) groups is 2. The third kappa shape index (κ3) is 6.01. The fraction of sp³-hybridized carbons (Fsp3) is 0.429. The van der Waals surface area contributed by atoms with E-state index in [1.807, 2.05) is 0 Å². The van der Waals surface area contributed by atoms with Crippen LogP contribution in [0.25, 0.3) is 0 Å². The zero-order valence-corrected chi connectivity index (χ0v) is 11.5. The average Bonchev–Trinajstić information content (AvgIpc) is 2.36. The van der Waals surface area contributed by atoms with Crippen LogP contribution in [0.4, 0.5) is 0 Å². The molecular formula is C14H20O5. The van der Waals surface area contributed by atoms with E-state index in [1.165, 1.54) is 38.0 Å². The maximum atomic E-state index is 10.6. The quantitative estimate of drug-likeness (QED) is 0.802. The molecule has 2 N–H and O–H groups in total. The lowest BCUT2D eigenvalue weighted by Gasteiger charge is -2.03. The van der Waals surface area contributed by atoms with E-state index in [9.17, 15) is 9.59 Å². The van der Waals surface area contributed by atoms with Gasteiger partial charge in [0, 0.05) is 13.7 Å². The highest BCUT2D eigenvalue weighted by Crippen LogP contribution is 2.13. The largest absolute Gasteiger partial charge is 0.478 e. The SMILES string of the molecule is CCCCOC.Cc1c(C(=O)O)cccc1C(=O)O. The first-order valence-corrected chi connectivity index (χ1v) is 6.00. The Hall–Kier alpha value is -1.88. The number of carboxylic acids is 2. The van der Waals surface area contributed by atoms with Crippen LogP contribution in [0.5, 0.6) is 0 Å². The van der Waals surface area contributed by atoms with Crippen molar-refractivity contribution in [2.75, 3.05) is 13.7 Å². The molecule has 1 aromatic rings. The van der Waals surface area contributed by atoms with Crippen LogP contribution in [0.1, 0.15) is 46.0 Å². The molecule has 0 atom stereocenters. The molecule has 0 aliphatic carbocycles. The van der Waals surface area contributed by atoms with Crippen molar-refractivity contribution in [1.82, 2.24) is 0 Å². The molecule has 1 rings (SSSR count). The van der Waals surface area contributed by atoms with Gasteiger partial charge in [0.05, 0.1) is 11.1 Å². The van der Waals surface area contributed by atoms with Gasteiger partial charge >= 0.3 is 11.9 Å². The van der Waals surface area contributed by atoms with Crippen LogP contribution >= 0.6 is 0 Å². The van der Waals surface area contributed by atoms with Crippen molar-refractivity contribution in [2.24, 2.45) is 0 Å². The van der Waals surface area contributed by atoms with Crippen LogP contribution in [0.15, 0.2) is 18.2 Å². The van der Waals surface area contributed by atoms with Gasteiger partial charge in [0.2, 0.25) is 0 Å². The van der Waals surface area contributed by atoms with Crippen molar-refractivity contribution in [2.45, 2.75) is 26.7 Å². The molecule has 0 spiro atoms. The number of hydrogen-bond donors (Lipinski definition) is 2. The van der Waals surface area contributed by atoms with Crippen molar-refractivity contribution in [3.63, 3.8) is 0 Å². The number of rotatable bonds is 5. The van der Waals surface area contributed by atoms with Crippen molar-refractivity contribution in [1.29, 1.82) is 0 Å². The second kappa shape index (κ2) is 9.10. The number of carboxylic acid groups (broad SMARTS) is 2. The Labute approximate surface area is 112 Å². The van der Waals surface area contributed by atoms with E-state index >= 15 is 0 Å². The second-order valence-corrected chi connectivity index (χ2v) is 3.93. The highest BCUT2D eigenvalue weighted by atomic mass is 16.5. The molecule has 106 valence electrons. The first-order valence-electron chi connectivity index (χ1n) is 6.00. The van der Waals surface area contributed by atoms with Crippen molar-refractivity contribution in [3.8, 4) is 0 Å². The minimum atomic E-state index is -1.11. The number of aromatic carboxylic acids is 2. The third-order valence-electron chi connectivity index (χ3n) is 2.50. The monoisotopic (exact) mass is 268 g/mol. The summed E-state index contributed by atoms with van der Waals surface area (Å²) in [4.78, 5) is 21.2. The minimum Gasteiger partial charge on any atom is -0.478 e. The van der Waals surface area contributed by atoms with Crippen molar-refractivity contribution >= 4 is 11.9 Å². The minimum absolute atomic E-state index is 0.0277. The summed E-state index contributed by atoms with van der Waals surface area (Å²) in [7, 11) is 1.73. The van der Waals surface area contributed by atoms with E-state index in [4.69, 9.17) is 14.9 Å². The first-order chi connectivity index (χ1) is 8.95. The van der Waals surface area contributed by atoms with Crippen LogP contribution in [0, 0.1) is 6.92 Å². The summed E-state index contributed by atoms with van der Waals surface area (Å²) in [6.07, 6.45) is 2.42. The van der Waals surface area contributed by atoms with Gasteiger partial charge in [0.1, 0.15) is 0 Å². The molecule has 19 heavy (non-hydrogen) atoms. The molecular weight excluding hydrogens is 248 g/mol. The van der Waals surface area contributed by atoms with E-state index < -0.39 is 11.9 Å². The molecule has 1 aromatic carbocycles. The van der Waals surface area contributed by atoms with Gasteiger partial charge in [-0.3, -0.25) is 0 Å². The van der Waals surface area contributed by atoms with Crippen LogP contribution < -0.4 is 0 Å². The molecule has 0 radical (unpaired) electrons. The molecule has 0 amide bonds. The van der Waals surface area contributed by atoms with Crippen LogP contribution in [-0.4, -0.2) is 35.9 Å². The average molecular weight is 268 g/mol. The Balaban J connectivity index is 0.000000459.